The molecule has 0 aliphatic carbocycles. The van der Waals surface area contributed by atoms with Gasteiger partial charge in [0, 0.05) is 6.20 Å². The molecule has 21 heavy (non-hydrogen) atoms. The molecule has 0 saturated carbocycles. The minimum Gasteiger partial charge on any atom is -0.378 e. The number of hydrogen-bond donors (Lipinski definition) is 1. The van der Waals surface area contributed by atoms with Gasteiger partial charge in [-0.3, -0.25) is 4.68 Å². The maximum Gasteiger partial charge on any atom is 0.0815 e. The second-order valence-electron chi connectivity index (χ2n) is 4.86. The second-order valence-corrected chi connectivity index (χ2v) is 6.08. The van der Waals surface area contributed by atoms with Crippen LogP contribution in [0.3, 0.4) is 0 Å². The second kappa shape index (κ2) is 7.39. The lowest BCUT2D eigenvalue weighted by molar-refractivity contribution is 0.426. The molecule has 0 saturated heterocycles. The summed E-state index contributed by atoms with van der Waals surface area (Å²) in [6.07, 6.45) is 4.17. The monoisotopic (exact) mass is 345 g/mol. The summed E-state index contributed by atoms with van der Waals surface area (Å²) < 4.78 is 2.02. The van der Waals surface area contributed by atoms with Crippen molar-refractivity contribution in [3.05, 3.63) is 45.2 Å². The number of anilines is 1. The van der Waals surface area contributed by atoms with Gasteiger partial charge >= 0.3 is 0 Å². The first kappa shape index (κ1) is 16.5. The summed E-state index contributed by atoms with van der Waals surface area (Å²) in [5.41, 5.74) is 1.71. The van der Waals surface area contributed by atoms with Gasteiger partial charge < -0.3 is 5.32 Å². The molecule has 1 N–H and O–H groups in total. The number of benzene rings is 1. The number of nitrogens with zero attached hydrogens (tertiary/aromatic N) is 2. The molecule has 3 nitrogen and oxygen atoms in total. The van der Waals surface area contributed by atoms with Gasteiger partial charge in [0.15, 0.2) is 0 Å². The molecule has 0 aliphatic heterocycles. The lowest BCUT2D eigenvalue weighted by atomic mass is 10.2. The Hall–Kier alpha value is -0.900. The molecular formula is C15H18Cl3N3. The van der Waals surface area contributed by atoms with E-state index < -0.39 is 0 Å². The predicted molar refractivity (Wildman–Crippen MR) is 90.6 cm³/mol. The molecular weight excluding hydrogens is 329 g/mol. The Morgan fingerprint density at radius 3 is 2.43 bits per heavy atom. The summed E-state index contributed by atoms with van der Waals surface area (Å²) in [4.78, 5) is 0. The topological polar surface area (TPSA) is 29.9 Å². The number of hydrogen-bond acceptors (Lipinski definition) is 2. The van der Waals surface area contributed by atoms with E-state index in [0.29, 0.717) is 27.7 Å². The van der Waals surface area contributed by atoms with Crippen molar-refractivity contribution in [3.63, 3.8) is 0 Å². The molecule has 2 aromatic rings. The fourth-order valence-corrected chi connectivity index (χ4v) is 2.80. The minimum absolute atomic E-state index is 0.449. The maximum absolute atomic E-state index is 6.14. The molecule has 0 atom stereocenters. The average molecular weight is 347 g/mol. The van der Waals surface area contributed by atoms with Crippen LogP contribution in [-0.4, -0.2) is 9.78 Å². The van der Waals surface area contributed by atoms with Crippen molar-refractivity contribution in [3.8, 4) is 0 Å². The maximum atomic E-state index is 6.14. The van der Waals surface area contributed by atoms with Gasteiger partial charge in [-0.2, -0.15) is 5.10 Å². The van der Waals surface area contributed by atoms with Crippen LogP contribution in [0.4, 0.5) is 5.69 Å². The van der Waals surface area contributed by atoms with E-state index in [-0.39, 0.29) is 0 Å². The Balaban J connectivity index is 2.05. The van der Waals surface area contributed by atoms with E-state index in [0.717, 1.165) is 24.2 Å². The standard InChI is InChI=1S/C15H18Cl3N3/c1-3-11(4-2)21-6-5-10(20-21)9-19-15-8-13(17)12(16)7-14(15)18/h5-8,11,19H,3-4,9H2,1-2H3. The Kier molecular flexibility index (Phi) is 5.80. The molecule has 1 aromatic heterocycles. The van der Waals surface area contributed by atoms with Gasteiger partial charge in [-0.1, -0.05) is 48.7 Å². The third-order valence-corrected chi connectivity index (χ3v) is 4.48. The van der Waals surface area contributed by atoms with Gasteiger partial charge in [0.05, 0.1) is 39.0 Å². The van der Waals surface area contributed by atoms with Gasteiger partial charge in [-0.25, -0.2) is 0 Å². The van der Waals surface area contributed by atoms with Crippen LogP contribution in [0.1, 0.15) is 38.4 Å². The van der Waals surface area contributed by atoms with E-state index in [1.165, 1.54) is 0 Å². The van der Waals surface area contributed by atoms with Crippen LogP contribution in [0.15, 0.2) is 24.4 Å². The van der Waals surface area contributed by atoms with E-state index in [9.17, 15) is 0 Å². The number of rotatable bonds is 6. The Labute approximate surface area is 140 Å². The first-order valence-electron chi connectivity index (χ1n) is 6.97. The molecule has 2 rings (SSSR count). The van der Waals surface area contributed by atoms with Crippen LogP contribution in [0.2, 0.25) is 15.1 Å². The molecule has 0 radical (unpaired) electrons. The summed E-state index contributed by atoms with van der Waals surface area (Å²) >= 11 is 18.1. The lowest BCUT2D eigenvalue weighted by Gasteiger charge is -2.12. The van der Waals surface area contributed by atoms with Gasteiger partial charge in [0.1, 0.15) is 0 Å². The third-order valence-electron chi connectivity index (χ3n) is 3.45. The number of aromatic nitrogens is 2. The SMILES string of the molecule is CCC(CC)n1ccc(CNc2cc(Cl)c(Cl)cc2Cl)n1. The minimum atomic E-state index is 0.449. The molecule has 1 heterocycles. The van der Waals surface area contributed by atoms with Crippen molar-refractivity contribution < 1.29 is 0 Å². The molecule has 0 fully saturated rings. The summed E-state index contributed by atoms with van der Waals surface area (Å²) in [6, 6.07) is 5.82. The van der Waals surface area contributed by atoms with Crippen molar-refractivity contribution in [1.29, 1.82) is 0 Å². The van der Waals surface area contributed by atoms with E-state index >= 15 is 0 Å². The van der Waals surface area contributed by atoms with Crippen LogP contribution >= 0.6 is 34.8 Å². The van der Waals surface area contributed by atoms with E-state index in [1.807, 2.05) is 16.9 Å². The van der Waals surface area contributed by atoms with Crippen LogP contribution in [-0.2, 0) is 6.54 Å². The number of nitrogens with one attached hydrogen (secondary N) is 1. The Morgan fingerprint density at radius 1 is 1.10 bits per heavy atom. The van der Waals surface area contributed by atoms with Crippen LogP contribution in [0.25, 0.3) is 0 Å². The zero-order valence-electron chi connectivity index (χ0n) is 12.0. The highest BCUT2D eigenvalue weighted by molar-refractivity contribution is 6.44. The summed E-state index contributed by atoms with van der Waals surface area (Å²) in [5.74, 6) is 0. The molecule has 0 amide bonds. The van der Waals surface area contributed by atoms with E-state index in [2.05, 4.69) is 24.3 Å². The van der Waals surface area contributed by atoms with Gasteiger partial charge in [-0.05, 0) is 31.0 Å². The Morgan fingerprint density at radius 2 is 1.76 bits per heavy atom. The molecule has 0 aliphatic rings. The number of halogens is 3. The van der Waals surface area contributed by atoms with E-state index in [4.69, 9.17) is 34.8 Å². The molecule has 0 spiro atoms. The predicted octanol–water partition coefficient (Wildman–Crippen LogP) is 5.82. The molecule has 0 unspecified atom stereocenters. The lowest BCUT2D eigenvalue weighted by Crippen LogP contribution is -2.09. The van der Waals surface area contributed by atoms with Crippen molar-refractivity contribution >= 4 is 40.5 Å². The van der Waals surface area contributed by atoms with Gasteiger partial charge in [0.25, 0.3) is 0 Å². The quantitative estimate of drug-likeness (QED) is 0.668. The average Bonchev–Trinajstić information content (AvgIpc) is 2.91. The Bertz CT molecular complexity index is 606. The van der Waals surface area contributed by atoms with E-state index in [1.54, 1.807) is 12.1 Å². The van der Waals surface area contributed by atoms with Crippen LogP contribution < -0.4 is 5.32 Å². The van der Waals surface area contributed by atoms with Crippen LogP contribution in [0, 0.1) is 0 Å². The molecule has 1 aromatic carbocycles. The van der Waals surface area contributed by atoms with Crippen molar-refractivity contribution in [2.45, 2.75) is 39.3 Å². The van der Waals surface area contributed by atoms with Crippen molar-refractivity contribution in [1.82, 2.24) is 9.78 Å². The zero-order chi connectivity index (χ0) is 15.4. The molecule has 6 heteroatoms. The molecule has 0 bridgehead atoms. The highest BCUT2D eigenvalue weighted by Crippen LogP contribution is 2.32. The fourth-order valence-electron chi connectivity index (χ4n) is 2.18. The summed E-state index contributed by atoms with van der Waals surface area (Å²) in [6.45, 7) is 4.93. The van der Waals surface area contributed by atoms with Crippen molar-refractivity contribution in [2.75, 3.05) is 5.32 Å². The fraction of sp³-hybridized carbons (Fsp3) is 0.400. The highest BCUT2D eigenvalue weighted by Gasteiger charge is 2.09. The van der Waals surface area contributed by atoms with Gasteiger partial charge in [-0.15, -0.1) is 0 Å². The first-order chi connectivity index (χ1) is 10.0. The van der Waals surface area contributed by atoms with Gasteiger partial charge in [0.2, 0.25) is 0 Å². The summed E-state index contributed by atoms with van der Waals surface area (Å²) in [7, 11) is 0. The zero-order valence-corrected chi connectivity index (χ0v) is 14.3. The van der Waals surface area contributed by atoms with Crippen LogP contribution in [0.5, 0.6) is 0 Å². The molecule has 114 valence electrons. The normalized spacial score (nSPS) is 11.1. The highest BCUT2D eigenvalue weighted by atomic mass is 35.5. The van der Waals surface area contributed by atoms with Crippen molar-refractivity contribution in [2.24, 2.45) is 0 Å². The smallest absolute Gasteiger partial charge is 0.0815 e. The summed E-state index contributed by atoms with van der Waals surface area (Å²) in [5, 5.41) is 9.30. The first-order valence-corrected chi connectivity index (χ1v) is 8.11. The third kappa shape index (κ3) is 4.06. The largest absolute Gasteiger partial charge is 0.378 e.